The van der Waals surface area contributed by atoms with Crippen LogP contribution in [0.25, 0.3) is 0 Å². The standard InChI is InChI=1S/C10H14N2O4/c1-3(2)4-5(10(15)16)6(11)9(14)7(12)8(4)13/h3,13-14H,11-12H2,1-2H3,(H,15,16). The van der Waals surface area contributed by atoms with E-state index >= 15 is 0 Å². The summed E-state index contributed by atoms with van der Waals surface area (Å²) in [6.45, 7) is 3.38. The average molecular weight is 226 g/mol. The molecule has 0 bridgehead atoms. The second kappa shape index (κ2) is 3.80. The zero-order valence-electron chi connectivity index (χ0n) is 8.98. The molecule has 1 aromatic rings. The van der Waals surface area contributed by atoms with Crippen molar-refractivity contribution in [2.45, 2.75) is 19.8 Å². The van der Waals surface area contributed by atoms with Crippen molar-refractivity contribution in [3.8, 4) is 11.5 Å². The van der Waals surface area contributed by atoms with Crippen molar-refractivity contribution in [1.29, 1.82) is 0 Å². The molecule has 0 spiro atoms. The highest BCUT2D eigenvalue weighted by Gasteiger charge is 2.26. The molecule has 0 aromatic heterocycles. The maximum atomic E-state index is 11.0. The maximum absolute atomic E-state index is 11.0. The summed E-state index contributed by atoms with van der Waals surface area (Å²) >= 11 is 0. The molecule has 0 amide bonds. The van der Waals surface area contributed by atoms with Gasteiger partial charge in [0.25, 0.3) is 0 Å². The molecule has 0 fully saturated rings. The molecule has 0 aliphatic carbocycles. The van der Waals surface area contributed by atoms with Crippen LogP contribution in [-0.2, 0) is 0 Å². The Morgan fingerprint density at radius 1 is 1.12 bits per heavy atom. The van der Waals surface area contributed by atoms with Gasteiger partial charge in [-0.1, -0.05) is 13.8 Å². The average Bonchev–Trinajstić information content (AvgIpc) is 2.18. The Balaban J connectivity index is 3.76. The Bertz CT molecular complexity index is 455. The van der Waals surface area contributed by atoms with Gasteiger partial charge in [-0.05, 0) is 5.92 Å². The van der Waals surface area contributed by atoms with Gasteiger partial charge >= 0.3 is 5.97 Å². The number of carboxylic acid groups (broad SMARTS) is 1. The third kappa shape index (κ3) is 1.58. The first-order valence-corrected chi connectivity index (χ1v) is 4.65. The first kappa shape index (κ1) is 12.0. The summed E-state index contributed by atoms with van der Waals surface area (Å²) in [6, 6.07) is 0. The summed E-state index contributed by atoms with van der Waals surface area (Å²) in [5, 5.41) is 28.1. The summed E-state index contributed by atoms with van der Waals surface area (Å²) < 4.78 is 0. The first-order valence-electron chi connectivity index (χ1n) is 4.65. The predicted octanol–water partition coefficient (Wildman–Crippen LogP) is 1.08. The van der Waals surface area contributed by atoms with E-state index in [1.807, 2.05) is 0 Å². The number of carbonyl (C=O) groups is 1. The van der Waals surface area contributed by atoms with Crippen LogP contribution in [0.15, 0.2) is 0 Å². The number of nitrogen functional groups attached to an aromatic ring is 2. The predicted molar refractivity (Wildman–Crippen MR) is 59.6 cm³/mol. The third-order valence-electron chi connectivity index (χ3n) is 2.35. The minimum atomic E-state index is -1.31. The minimum Gasteiger partial charge on any atom is -0.505 e. The van der Waals surface area contributed by atoms with E-state index < -0.39 is 17.5 Å². The summed E-state index contributed by atoms with van der Waals surface area (Å²) in [6.07, 6.45) is 0. The van der Waals surface area contributed by atoms with E-state index in [1.165, 1.54) is 0 Å². The largest absolute Gasteiger partial charge is 0.505 e. The molecule has 1 aromatic carbocycles. The van der Waals surface area contributed by atoms with Crippen LogP contribution < -0.4 is 11.5 Å². The topological polar surface area (TPSA) is 130 Å². The Labute approximate surface area is 92.1 Å². The molecule has 1 rings (SSSR count). The van der Waals surface area contributed by atoms with Crippen LogP contribution in [-0.4, -0.2) is 21.3 Å². The summed E-state index contributed by atoms with van der Waals surface area (Å²) in [7, 11) is 0. The van der Waals surface area contributed by atoms with Gasteiger partial charge in [0.05, 0.1) is 11.3 Å². The molecule has 0 unspecified atom stereocenters. The van der Waals surface area contributed by atoms with E-state index in [4.69, 9.17) is 16.6 Å². The van der Waals surface area contributed by atoms with Crippen LogP contribution in [0.2, 0.25) is 0 Å². The number of nitrogens with two attached hydrogens (primary N) is 2. The van der Waals surface area contributed by atoms with Gasteiger partial charge in [-0.3, -0.25) is 0 Å². The number of hydrogen-bond donors (Lipinski definition) is 5. The van der Waals surface area contributed by atoms with Crippen LogP contribution in [0, 0.1) is 0 Å². The van der Waals surface area contributed by atoms with Crippen LogP contribution in [0.3, 0.4) is 0 Å². The fourth-order valence-corrected chi connectivity index (χ4v) is 1.58. The van der Waals surface area contributed by atoms with E-state index in [-0.39, 0.29) is 28.4 Å². The smallest absolute Gasteiger partial charge is 0.338 e. The van der Waals surface area contributed by atoms with Gasteiger partial charge in [0.1, 0.15) is 11.4 Å². The number of aromatic hydroxyl groups is 2. The lowest BCUT2D eigenvalue weighted by Gasteiger charge is -2.17. The van der Waals surface area contributed by atoms with Crippen molar-refractivity contribution in [3.05, 3.63) is 11.1 Å². The van der Waals surface area contributed by atoms with Gasteiger partial charge in [-0.15, -0.1) is 0 Å². The highest BCUT2D eigenvalue weighted by Crippen LogP contribution is 2.44. The van der Waals surface area contributed by atoms with Crippen molar-refractivity contribution >= 4 is 17.3 Å². The minimum absolute atomic E-state index is 0.125. The highest BCUT2D eigenvalue weighted by molar-refractivity contribution is 6.00. The normalized spacial score (nSPS) is 10.7. The molecule has 0 saturated heterocycles. The molecule has 0 aliphatic rings. The number of phenols is 2. The molecule has 7 N–H and O–H groups in total. The number of anilines is 2. The lowest BCUT2D eigenvalue weighted by atomic mass is 9.93. The molecule has 0 heterocycles. The fourth-order valence-electron chi connectivity index (χ4n) is 1.58. The van der Waals surface area contributed by atoms with Gasteiger partial charge in [-0.25, -0.2) is 4.79 Å². The lowest BCUT2D eigenvalue weighted by molar-refractivity contribution is 0.0695. The van der Waals surface area contributed by atoms with E-state index in [1.54, 1.807) is 13.8 Å². The summed E-state index contributed by atoms with van der Waals surface area (Å²) in [5.74, 6) is -2.62. The maximum Gasteiger partial charge on any atom is 0.338 e. The Morgan fingerprint density at radius 2 is 1.62 bits per heavy atom. The molecule has 0 saturated carbocycles. The quantitative estimate of drug-likeness (QED) is 0.291. The lowest BCUT2D eigenvalue weighted by Crippen LogP contribution is -2.10. The number of carboxylic acids is 1. The monoisotopic (exact) mass is 226 g/mol. The van der Waals surface area contributed by atoms with E-state index in [9.17, 15) is 15.0 Å². The highest BCUT2D eigenvalue weighted by atomic mass is 16.4. The van der Waals surface area contributed by atoms with E-state index in [0.29, 0.717) is 0 Å². The van der Waals surface area contributed by atoms with E-state index in [2.05, 4.69) is 0 Å². The molecule has 16 heavy (non-hydrogen) atoms. The summed E-state index contributed by atoms with van der Waals surface area (Å²) in [4.78, 5) is 11.0. The number of aromatic carboxylic acids is 1. The van der Waals surface area contributed by atoms with Gasteiger partial charge in [-0.2, -0.15) is 0 Å². The van der Waals surface area contributed by atoms with Gasteiger partial charge in [0.15, 0.2) is 5.75 Å². The summed E-state index contributed by atoms with van der Waals surface area (Å²) in [5.41, 5.74) is 10.1. The van der Waals surface area contributed by atoms with Crippen LogP contribution in [0.4, 0.5) is 11.4 Å². The van der Waals surface area contributed by atoms with Gasteiger partial charge in [0.2, 0.25) is 0 Å². The zero-order chi connectivity index (χ0) is 12.6. The number of hydrogen-bond acceptors (Lipinski definition) is 5. The van der Waals surface area contributed by atoms with Crippen LogP contribution in [0.5, 0.6) is 11.5 Å². The van der Waals surface area contributed by atoms with Crippen molar-refractivity contribution in [2.75, 3.05) is 11.5 Å². The number of benzene rings is 1. The van der Waals surface area contributed by atoms with Gasteiger partial charge in [0, 0.05) is 5.56 Å². The molecule has 6 heteroatoms. The number of rotatable bonds is 2. The fraction of sp³-hybridized carbons (Fsp3) is 0.300. The van der Waals surface area contributed by atoms with Crippen molar-refractivity contribution in [2.24, 2.45) is 0 Å². The van der Waals surface area contributed by atoms with Crippen molar-refractivity contribution < 1.29 is 20.1 Å². The molecule has 0 radical (unpaired) electrons. The Hall–Kier alpha value is -2.11. The number of phenolic OH excluding ortho intramolecular Hbond substituents is 2. The Kier molecular flexibility index (Phi) is 2.84. The second-order valence-corrected chi connectivity index (χ2v) is 3.77. The third-order valence-corrected chi connectivity index (χ3v) is 2.35. The molecule has 0 atom stereocenters. The van der Waals surface area contributed by atoms with E-state index in [0.717, 1.165) is 0 Å². The van der Waals surface area contributed by atoms with Crippen LogP contribution in [0.1, 0.15) is 35.7 Å². The molecule has 6 nitrogen and oxygen atoms in total. The van der Waals surface area contributed by atoms with Crippen LogP contribution >= 0.6 is 0 Å². The molecular weight excluding hydrogens is 212 g/mol. The SMILES string of the molecule is CC(C)c1c(O)c(N)c(O)c(N)c1C(=O)O. The zero-order valence-corrected chi connectivity index (χ0v) is 8.98. The molecular formula is C10H14N2O4. The van der Waals surface area contributed by atoms with Crippen molar-refractivity contribution in [3.63, 3.8) is 0 Å². The molecule has 0 aliphatic heterocycles. The first-order chi connectivity index (χ1) is 7.29. The molecule has 88 valence electrons. The Morgan fingerprint density at radius 3 is 2.00 bits per heavy atom. The van der Waals surface area contributed by atoms with Crippen molar-refractivity contribution in [1.82, 2.24) is 0 Å². The van der Waals surface area contributed by atoms with Gasteiger partial charge < -0.3 is 26.8 Å². The second-order valence-electron chi connectivity index (χ2n) is 3.77.